The van der Waals surface area contributed by atoms with Gasteiger partial charge in [0.05, 0.1) is 17.0 Å². The Labute approximate surface area is 142 Å². The summed E-state index contributed by atoms with van der Waals surface area (Å²) in [6.45, 7) is 1.42. The summed E-state index contributed by atoms with van der Waals surface area (Å²) in [7, 11) is 0. The lowest BCUT2D eigenvalue weighted by molar-refractivity contribution is -0.386. The molecule has 26 heavy (non-hydrogen) atoms. The zero-order valence-electron chi connectivity index (χ0n) is 13.1. The minimum atomic E-state index is -1.81. The van der Waals surface area contributed by atoms with Crippen molar-refractivity contribution in [2.24, 2.45) is 0 Å². The van der Waals surface area contributed by atoms with Gasteiger partial charge in [-0.25, -0.2) is 9.18 Å². The number of hydrogen-bond donors (Lipinski definition) is 0. The summed E-state index contributed by atoms with van der Waals surface area (Å²) >= 11 is 0. The molecule has 0 saturated heterocycles. The predicted octanol–water partition coefficient (Wildman–Crippen LogP) is 2.34. The van der Waals surface area contributed by atoms with E-state index in [4.69, 9.17) is 4.74 Å². The highest BCUT2D eigenvalue weighted by Crippen LogP contribution is 2.30. The van der Waals surface area contributed by atoms with Crippen molar-refractivity contribution in [2.75, 3.05) is 6.61 Å². The molecule has 9 nitrogen and oxygen atoms in total. The molecule has 0 bridgehead atoms. The average molecular weight is 365 g/mol. The number of nitro groups is 1. The first-order valence-electron chi connectivity index (χ1n) is 7.16. The standard InChI is InChI=1S/C15H9F2N3O6/c1-2-25-15(22)7-6-19(10-3-4-26-18-10)9-5-8(16)12(17)13(20(23)24)11(9)14(7)21/h3-6H,2H2,1H3. The summed E-state index contributed by atoms with van der Waals surface area (Å²) in [5, 5.41) is 14.0. The minimum absolute atomic E-state index is 0.0131. The van der Waals surface area contributed by atoms with Gasteiger partial charge in [0.25, 0.3) is 0 Å². The Kier molecular flexibility index (Phi) is 4.20. The number of hydrogen-bond acceptors (Lipinski definition) is 7. The van der Waals surface area contributed by atoms with Gasteiger partial charge in [-0.15, -0.1) is 0 Å². The molecule has 0 radical (unpaired) electrons. The van der Waals surface area contributed by atoms with Gasteiger partial charge in [0.15, 0.2) is 11.6 Å². The third-order valence-corrected chi connectivity index (χ3v) is 3.51. The molecule has 3 rings (SSSR count). The fraction of sp³-hybridized carbons (Fsp3) is 0.133. The number of nitro benzene ring substituents is 1. The number of esters is 1. The number of halogens is 2. The van der Waals surface area contributed by atoms with Crippen LogP contribution < -0.4 is 5.43 Å². The Morgan fingerprint density at radius 2 is 2.19 bits per heavy atom. The van der Waals surface area contributed by atoms with Gasteiger partial charge < -0.3 is 9.26 Å². The maximum atomic E-state index is 14.0. The number of pyridine rings is 1. The van der Waals surface area contributed by atoms with E-state index in [1.165, 1.54) is 13.0 Å². The lowest BCUT2D eigenvalue weighted by atomic mass is 10.1. The van der Waals surface area contributed by atoms with Gasteiger partial charge in [-0.3, -0.25) is 19.5 Å². The molecular weight excluding hydrogens is 356 g/mol. The Hall–Kier alpha value is -3.63. The summed E-state index contributed by atoms with van der Waals surface area (Å²) in [5.41, 5.74) is -3.50. The molecule has 0 N–H and O–H groups in total. The van der Waals surface area contributed by atoms with Gasteiger partial charge in [0, 0.05) is 18.3 Å². The van der Waals surface area contributed by atoms with Crippen LogP contribution in [0.5, 0.6) is 0 Å². The molecule has 0 aliphatic heterocycles. The van der Waals surface area contributed by atoms with Gasteiger partial charge in [-0.1, -0.05) is 5.16 Å². The summed E-state index contributed by atoms with van der Waals surface area (Å²) in [5.74, 6) is -4.44. The molecule has 0 unspecified atom stereocenters. The van der Waals surface area contributed by atoms with E-state index >= 15 is 0 Å². The van der Waals surface area contributed by atoms with Crippen molar-refractivity contribution in [1.82, 2.24) is 9.72 Å². The maximum Gasteiger partial charge on any atom is 0.343 e. The highest BCUT2D eigenvalue weighted by molar-refractivity contribution is 5.97. The summed E-state index contributed by atoms with van der Waals surface area (Å²) in [6.07, 6.45) is 2.12. The SMILES string of the molecule is CCOC(=O)c1cn(-c2ccon2)c2cc(F)c(F)c([N+](=O)[O-])c2c1=O. The Morgan fingerprint density at radius 3 is 2.77 bits per heavy atom. The van der Waals surface area contributed by atoms with E-state index in [-0.39, 0.29) is 17.9 Å². The van der Waals surface area contributed by atoms with Crippen LogP contribution in [0.3, 0.4) is 0 Å². The highest BCUT2D eigenvalue weighted by Gasteiger charge is 2.30. The number of nitrogens with zero attached hydrogens (tertiary/aromatic N) is 3. The lowest BCUT2D eigenvalue weighted by Gasteiger charge is -2.11. The fourth-order valence-electron chi connectivity index (χ4n) is 2.45. The third kappa shape index (κ3) is 2.59. The normalized spacial score (nSPS) is 10.9. The minimum Gasteiger partial charge on any atom is -0.462 e. The molecule has 1 aromatic carbocycles. The monoisotopic (exact) mass is 365 g/mol. The van der Waals surface area contributed by atoms with Gasteiger partial charge >= 0.3 is 11.7 Å². The van der Waals surface area contributed by atoms with Gasteiger partial charge in [0.2, 0.25) is 11.2 Å². The van der Waals surface area contributed by atoms with E-state index in [0.717, 1.165) is 17.0 Å². The average Bonchev–Trinajstić information content (AvgIpc) is 3.11. The molecule has 11 heteroatoms. The van der Waals surface area contributed by atoms with Crippen LogP contribution >= 0.6 is 0 Å². The van der Waals surface area contributed by atoms with Crippen LogP contribution in [-0.2, 0) is 4.74 Å². The lowest BCUT2D eigenvalue weighted by Crippen LogP contribution is -2.22. The molecule has 0 saturated carbocycles. The van der Waals surface area contributed by atoms with E-state index in [9.17, 15) is 28.5 Å². The van der Waals surface area contributed by atoms with Gasteiger partial charge in [0.1, 0.15) is 17.2 Å². The molecule has 0 fully saturated rings. The van der Waals surface area contributed by atoms with E-state index in [1.807, 2.05) is 0 Å². The fourth-order valence-corrected chi connectivity index (χ4v) is 2.45. The first-order chi connectivity index (χ1) is 12.4. The molecule has 0 aliphatic carbocycles. The van der Waals surface area contributed by atoms with E-state index in [1.54, 1.807) is 0 Å². The number of rotatable bonds is 4. The second kappa shape index (κ2) is 6.35. The first kappa shape index (κ1) is 17.2. The van der Waals surface area contributed by atoms with Crippen molar-refractivity contribution in [3.63, 3.8) is 0 Å². The molecule has 2 aromatic heterocycles. The molecule has 0 atom stereocenters. The smallest absolute Gasteiger partial charge is 0.343 e. The topological polar surface area (TPSA) is 117 Å². The molecular formula is C15H9F2N3O6. The number of aromatic nitrogens is 2. The van der Waals surface area contributed by atoms with E-state index < -0.39 is 44.6 Å². The predicted molar refractivity (Wildman–Crippen MR) is 82.1 cm³/mol. The Bertz CT molecular complexity index is 1090. The van der Waals surface area contributed by atoms with Crippen LogP contribution in [-0.4, -0.2) is 27.2 Å². The van der Waals surface area contributed by atoms with Crippen molar-refractivity contribution in [1.29, 1.82) is 0 Å². The molecule has 0 amide bonds. The van der Waals surface area contributed by atoms with Crippen LogP contribution in [0.1, 0.15) is 17.3 Å². The van der Waals surface area contributed by atoms with Crippen LogP contribution in [0.4, 0.5) is 14.5 Å². The maximum absolute atomic E-state index is 14.0. The first-order valence-corrected chi connectivity index (χ1v) is 7.16. The van der Waals surface area contributed by atoms with Crippen molar-refractivity contribution in [3.05, 3.63) is 62.1 Å². The van der Waals surface area contributed by atoms with Crippen molar-refractivity contribution in [3.8, 4) is 5.82 Å². The van der Waals surface area contributed by atoms with E-state index in [2.05, 4.69) is 9.68 Å². The van der Waals surface area contributed by atoms with E-state index in [0.29, 0.717) is 6.07 Å². The summed E-state index contributed by atoms with van der Waals surface area (Å²) < 4.78 is 38.3. The second-order valence-corrected chi connectivity index (χ2v) is 4.99. The van der Waals surface area contributed by atoms with Crippen molar-refractivity contribution >= 4 is 22.6 Å². The molecule has 3 aromatic rings. The second-order valence-electron chi connectivity index (χ2n) is 4.99. The van der Waals surface area contributed by atoms with Crippen LogP contribution in [0.25, 0.3) is 16.7 Å². The molecule has 0 spiro atoms. The molecule has 2 heterocycles. The number of benzene rings is 1. The number of fused-ring (bicyclic) bond motifs is 1. The Balaban J connectivity index is 2.54. The van der Waals surface area contributed by atoms with Crippen molar-refractivity contribution in [2.45, 2.75) is 6.92 Å². The quantitative estimate of drug-likeness (QED) is 0.396. The van der Waals surface area contributed by atoms with Gasteiger partial charge in [-0.05, 0) is 6.92 Å². The van der Waals surface area contributed by atoms with Crippen LogP contribution in [0.2, 0.25) is 0 Å². The van der Waals surface area contributed by atoms with Crippen LogP contribution in [0, 0.1) is 21.7 Å². The number of ether oxygens (including phenoxy) is 1. The zero-order valence-corrected chi connectivity index (χ0v) is 13.1. The number of carbonyl (C=O) groups is 1. The largest absolute Gasteiger partial charge is 0.462 e. The Morgan fingerprint density at radius 1 is 1.46 bits per heavy atom. The molecule has 0 aliphatic rings. The highest BCUT2D eigenvalue weighted by atomic mass is 19.2. The molecule has 134 valence electrons. The van der Waals surface area contributed by atoms with Crippen LogP contribution in [0.15, 0.2) is 33.9 Å². The van der Waals surface area contributed by atoms with Crippen molar-refractivity contribution < 1.29 is 27.8 Å². The summed E-state index contributed by atoms with van der Waals surface area (Å²) in [6, 6.07) is 1.90. The van der Waals surface area contributed by atoms with Gasteiger partial charge in [-0.2, -0.15) is 4.39 Å². The third-order valence-electron chi connectivity index (χ3n) is 3.51. The zero-order chi connectivity index (χ0) is 19.0. The summed E-state index contributed by atoms with van der Waals surface area (Å²) in [4.78, 5) is 34.7. The number of carbonyl (C=O) groups excluding carboxylic acids is 1.